The van der Waals surface area contributed by atoms with Crippen molar-refractivity contribution in [1.82, 2.24) is 0 Å². The summed E-state index contributed by atoms with van der Waals surface area (Å²) < 4.78 is 0. The lowest BCUT2D eigenvalue weighted by atomic mass is 10.0. The molecule has 20 heavy (non-hydrogen) atoms. The molecule has 0 spiro atoms. The Morgan fingerprint density at radius 1 is 1.20 bits per heavy atom. The van der Waals surface area contributed by atoms with Crippen LogP contribution >= 0.6 is 11.3 Å². The van der Waals surface area contributed by atoms with Crippen LogP contribution in [0.4, 0.5) is 11.4 Å². The van der Waals surface area contributed by atoms with Crippen molar-refractivity contribution in [3.8, 4) is 0 Å². The van der Waals surface area contributed by atoms with Gasteiger partial charge in [-0.05, 0) is 35.1 Å². The third kappa shape index (κ3) is 3.84. The lowest BCUT2D eigenvalue weighted by Crippen LogP contribution is -2.08. The zero-order valence-electron chi connectivity index (χ0n) is 12.1. The van der Waals surface area contributed by atoms with Crippen molar-refractivity contribution in [2.75, 3.05) is 10.6 Å². The fourth-order valence-corrected chi connectivity index (χ4v) is 2.72. The van der Waals surface area contributed by atoms with Crippen LogP contribution in [-0.2, 0) is 11.3 Å². The summed E-state index contributed by atoms with van der Waals surface area (Å²) in [6.07, 6.45) is 0. The van der Waals surface area contributed by atoms with Gasteiger partial charge in [-0.1, -0.05) is 26.0 Å². The minimum absolute atomic E-state index is 0.0362. The quantitative estimate of drug-likeness (QED) is 0.854. The fraction of sp³-hybridized carbons (Fsp3) is 0.312. The lowest BCUT2D eigenvalue weighted by molar-refractivity contribution is -0.114. The molecule has 1 amide bonds. The van der Waals surface area contributed by atoms with E-state index >= 15 is 0 Å². The molecule has 0 radical (unpaired) electrons. The van der Waals surface area contributed by atoms with Gasteiger partial charge in [0.15, 0.2) is 0 Å². The molecule has 0 aliphatic rings. The Kier molecular flexibility index (Phi) is 4.79. The molecule has 0 atom stereocenters. The van der Waals surface area contributed by atoms with Crippen LogP contribution in [0.15, 0.2) is 35.7 Å². The average molecular weight is 288 g/mol. The highest BCUT2D eigenvalue weighted by Crippen LogP contribution is 2.24. The van der Waals surface area contributed by atoms with E-state index in [1.54, 1.807) is 11.3 Å². The van der Waals surface area contributed by atoms with E-state index in [0.29, 0.717) is 12.5 Å². The molecular formula is C16H20N2OS. The Balaban J connectivity index is 1.98. The number of thiophene rings is 1. The van der Waals surface area contributed by atoms with E-state index < -0.39 is 0 Å². The summed E-state index contributed by atoms with van der Waals surface area (Å²) in [4.78, 5) is 12.2. The van der Waals surface area contributed by atoms with Crippen LogP contribution in [0, 0.1) is 0 Å². The van der Waals surface area contributed by atoms with Gasteiger partial charge in [0.25, 0.3) is 0 Å². The number of hydrogen-bond acceptors (Lipinski definition) is 3. The first-order valence-corrected chi connectivity index (χ1v) is 7.62. The summed E-state index contributed by atoms with van der Waals surface area (Å²) in [5.41, 5.74) is 3.33. The van der Waals surface area contributed by atoms with Crippen LogP contribution < -0.4 is 10.6 Å². The van der Waals surface area contributed by atoms with Gasteiger partial charge < -0.3 is 10.6 Å². The minimum Gasteiger partial charge on any atom is -0.380 e. The predicted molar refractivity (Wildman–Crippen MR) is 86.5 cm³/mol. The van der Waals surface area contributed by atoms with Crippen LogP contribution in [0.2, 0.25) is 0 Å². The second kappa shape index (κ2) is 6.57. The maximum atomic E-state index is 11.1. The zero-order valence-corrected chi connectivity index (χ0v) is 12.9. The largest absolute Gasteiger partial charge is 0.380 e. The first-order chi connectivity index (χ1) is 9.56. The number of rotatable bonds is 5. The predicted octanol–water partition coefficient (Wildman–Crippen LogP) is 4.44. The van der Waals surface area contributed by atoms with Crippen LogP contribution in [0.1, 0.15) is 37.1 Å². The fourth-order valence-electron chi connectivity index (χ4n) is 1.95. The smallest absolute Gasteiger partial charge is 0.221 e. The third-order valence-corrected chi connectivity index (χ3v) is 4.01. The van der Waals surface area contributed by atoms with Crippen molar-refractivity contribution in [1.29, 1.82) is 0 Å². The lowest BCUT2D eigenvalue weighted by Gasteiger charge is -2.10. The maximum Gasteiger partial charge on any atom is 0.221 e. The molecule has 4 heteroatoms. The van der Waals surface area contributed by atoms with Gasteiger partial charge in [0.05, 0.1) is 12.2 Å². The summed E-state index contributed by atoms with van der Waals surface area (Å²) in [5.74, 6) is 0.513. The number of amides is 1. The maximum absolute atomic E-state index is 11.1. The minimum atomic E-state index is -0.0362. The first kappa shape index (κ1) is 14.6. The standard InChI is InChI=1S/C16H20N2OS/c1-11(2)13-4-6-14(7-5-13)17-10-16-15(8-9-20-16)18-12(3)19/h4-9,11,17H,10H2,1-3H3,(H,18,19). The number of anilines is 2. The third-order valence-electron chi connectivity index (χ3n) is 3.09. The Morgan fingerprint density at radius 2 is 1.90 bits per heavy atom. The van der Waals surface area contributed by atoms with Gasteiger partial charge in [-0.25, -0.2) is 0 Å². The molecule has 3 nitrogen and oxygen atoms in total. The van der Waals surface area contributed by atoms with Gasteiger partial charge >= 0.3 is 0 Å². The molecule has 1 heterocycles. The molecule has 1 aromatic carbocycles. The van der Waals surface area contributed by atoms with Gasteiger partial charge in [0, 0.05) is 17.5 Å². The van der Waals surface area contributed by atoms with Crippen molar-refractivity contribution in [2.24, 2.45) is 0 Å². The molecule has 1 aromatic heterocycles. The van der Waals surface area contributed by atoms with E-state index in [1.165, 1.54) is 12.5 Å². The molecule has 106 valence electrons. The van der Waals surface area contributed by atoms with Gasteiger partial charge in [-0.2, -0.15) is 0 Å². The van der Waals surface area contributed by atoms with Crippen LogP contribution in [0.5, 0.6) is 0 Å². The first-order valence-electron chi connectivity index (χ1n) is 6.74. The molecule has 0 saturated heterocycles. The molecule has 0 bridgehead atoms. The molecule has 0 aliphatic carbocycles. The molecule has 0 unspecified atom stereocenters. The van der Waals surface area contributed by atoms with Gasteiger partial charge in [0.1, 0.15) is 0 Å². The summed E-state index contributed by atoms with van der Waals surface area (Å²) in [6, 6.07) is 10.4. The normalized spacial score (nSPS) is 10.6. The van der Waals surface area contributed by atoms with E-state index in [-0.39, 0.29) is 5.91 Å². The molecule has 2 aromatic rings. The summed E-state index contributed by atoms with van der Waals surface area (Å²) in [6.45, 7) is 6.62. The number of nitrogens with one attached hydrogen (secondary N) is 2. The van der Waals surface area contributed by atoms with Crippen LogP contribution in [-0.4, -0.2) is 5.91 Å². The second-order valence-electron chi connectivity index (χ2n) is 5.07. The Morgan fingerprint density at radius 3 is 2.50 bits per heavy atom. The molecule has 2 N–H and O–H groups in total. The van der Waals surface area contributed by atoms with Gasteiger partial charge in [0.2, 0.25) is 5.91 Å². The van der Waals surface area contributed by atoms with E-state index in [9.17, 15) is 4.79 Å². The SMILES string of the molecule is CC(=O)Nc1ccsc1CNc1ccc(C(C)C)cc1. The molecule has 0 saturated carbocycles. The number of hydrogen-bond donors (Lipinski definition) is 2. The number of carbonyl (C=O) groups excluding carboxylic acids is 1. The average Bonchev–Trinajstić information content (AvgIpc) is 2.83. The number of carbonyl (C=O) groups is 1. The van der Waals surface area contributed by atoms with E-state index in [0.717, 1.165) is 16.3 Å². The van der Waals surface area contributed by atoms with Crippen molar-refractivity contribution < 1.29 is 4.79 Å². The van der Waals surface area contributed by atoms with Crippen LogP contribution in [0.3, 0.4) is 0 Å². The monoisotopic (exact) mass is 288 g/mol. The molecule has 2 rings (SSSR count). The van der Waals surface area contributed by atoms with Crippen molar-refractivity contribution in [3.63, 3.8) is 0 Å². The van der Waals surface area contributed by atoms with Crippen molar-refractivity contribution >= 4 is 28.6 Å². The zero-order chi connectivity index (χ0) is 14.5. The van der Waals surface area contributed by atoms with Crippen LogP contribution in [0.25, 0.3) is 0 Å². The van der Waals surface area contributed by atoms with E-state index in [1.807, 2.05) is 11.4 Å². The highest BCUT2D eigenvalue weighted by molar-refractivity contribution is 7.10. The van der Waals surface area contributed by atoms with Gasteiger partial charge in [-0.3, -0.25) is 4.79 Å². The van der Waals surface area contributed by atoms with Gasteiger partial charge in [-0.15, -0.1) is 11.3 Å². The van der Waals surface area contributed by atoms with Crippen molar-refractivity contribution in [2.45, 2.75) is 33.2 Å². The topological polar surface area (TPSA) is 41.1 Å². The van der Waals surface area contributed by atoms with E-state index in [2.05, 4.69) is 48.7 Å². The highest BCUT2D eigenvalue weighted by atomic mass is 32.1. The Hall–Kier alpha value is -1.81. The second-order valence-corrected chi connectivity index (χ2v) is 6.07. The highest BCUT2D eigenvalue weighted by Gasteiger charge is 2.05. The Labute approximate surface area is 124 Å². The Bertz CT molecular complexity index is 572. The van der Waals surface area contributed by atoms with E-state index in [4.69, 9.17) is 0 Å². The molecule has 0 fully saturated rings. The molecular weight excluding hydrogens is 268 g/mol. The summed E-state index contributed by atoms with van der Waals surface area (Å²) in [5, 5.41) is 8.22. The molecule has 0 aliphatic heterocycles. The number of benzene rings is 1. The van der Waals surface area contributed by atoms with Crippen molar-refractivity contribution in [3.05, 3.63) is 46.2 Å². The summed E-state index contributed by atoms with van der Waals surface area (Å²) >= 11 is 1.64. The summed E-state index contributed by atoms with van der Waals surface area (Å²) in [7, 11) is 0.